The van der Waals surface area contributed by atoms with Crippen molar-refractivity contribution in [2.45, 2.75) is 45.3 Å². The van der Waals surface area contributed by atoms with Crippen LogP contribution in [0.25, 0.3) is 0 Å². The zero-order valence-corrected chi connectivity index (χ0v) is 12.3. The lowest BCUT2D eigenvalue weighted by molar-refractivity contribution is -0.140. The molecule has 1 aliphatic rings. The zero-order chi connectivity index (χ0) is 15.4. The summed E-state index contributed by atoms with van der Waals surface area (Å²) in [5.74, 6) is -0.676. The summed E-state index contributed by atoms with van der Waals surface area (Å²) >= 11 is 0. The highest BCUT2D eigenvalue weighted by Crippen LogP contribution is 2.41. The number of alkyl carbamates (subject to hydrolysis) is 1. The van der Waals surface area contributed by atoms with Crippen molar-refractivity contribution in [3.63, 3.8) is 0 Å². The number of rotatable bonds is 6. The molecule has 1 fully saturated rings. The van der Waals surface area contributed by atoms with Gasteiger partial charge in [0.05, 0.1) is 0 Å². The van der Waals surface area contributed by atoms with E-state index in [1.807, 2.05) is 18.2 Å². The van der Waals surface area contributed by atoms with Gasteiger partial charge >= 0.3 is 12.1 Å². The van der Waals surface area contributed by atoms with Crippen LogP contribution in [-0.4, -0.2) is 23.2 Å². The molecular weight excluding hydrogens is 270 g/mol. The molecule has 1 aromatic carbocycles. The van der Waals surface area contributed by atoms with E-state index in [1.165, 1.54) is 18.4 Å². The third-order valence-corrected chi connectivity index (χ3v) is 3.64. The third kappa shape index (κ3) is 4.21. The fourth-order valence-corrected chi connectivity index (χ4v) is 2.28. The summed E-state index contributed by atoms with van der Waals surface area (Å²) in [6.45, 7) is 3.64. The van der Waals surface area contributed by atoms with Gasteiger partial charge in [-0.1, -0.05) is 38.1 Å². The Morgan fingerprint density at radius 1 is 1.33 bits per heavy atom. The SMILES string of the molecule is CC(C)[C@H](NC(=O)OCc1ccccc1C1CC1)C(=O)O. The monoisotopic (exact) mass is 291 g/mol. The molecule has 1 atom stereocenters. The van der Waals surface area contributed by atoms with Crippen LogP contribution in [0.2, 0.25) is 0 Å². The Morgan fingerprint density at radius 2 is 2.00 bits per heavy atom. The van der Waals surface area contributed by atoms with Crippen molar-refractivity contribution in [1.29, 1.82) is 0 Å². The molecule has 1 aliphatic carbocycles. The van der Waals surface area contributed by atoms with Gasteiger partial charge in [-0.05, 0) is 35.8 Å². The Morgan fingerprint density at radius 3 is 2.57 bits per heavy atom. The van der Waals surface area contributed by atoms with E-state index in [4.69, 9.17) is 9.84 Å². The number of hydrogen-bond acceptors (Lipinski definition) is 3. The molecule has 0 unspecified atom stereocenters. The molecule has 0 aliphatic heterocycles. The van der Waals surface area contributed by atoms with Gasteiger partial charge < -0.3 is 15.2 Å². The number of amides is 1. The summed E-state index contributed by atoms with van der Waals surface area (Å²) < 4.78 is 5.16. The maximum absolute atomic E-state index is 11.7. The van der Waals surface area contributed by atoms with E-state index in [-0.39, 0.29) is 12.5 Å². The van der Waals surface area contributed by atoms with E-state index in [1.54, 1.807) is 13.8 Å². The number of benzene rings is 1. The number of carboxylic acid groups (broad SMARTS) is 1. The minimum atomic E-state index is -1.06. The van der Waals surface area contributed by atoms with Crippen molar-refractivity contribution < 1.29 is 19.4 Å². The van der Waals surface area contributed by atoms with E-state index in [9.17, 15) is 9.59 Å². The van der Waals surface area contributed by atoms with Gasteiger partial charge in [0.15, 0.2) is 0 Å². The molecule has 1 saturated carbocycles. The smallest absolute Gasteiger partial charge is 0.408 e. The largest absolute Gasteiger partial charge is 0.480 e. The first-order valence-electron chi connectivity index (χ1n) is 7.23. The van der Waals surface area contributed by atoms with Gasteiger partial charge in [0, 0.05) is 0 Å². The Balaban J connectivity index is 1.91. The Kier molecular flexibility index (Phi) is 4.83. The molecule has 1 aromatic rings. The molecule has 21 heavy (non-hydrogen) atoms. The van der Waals surface area contributed by atoms with Crippen LogP contribution < -0.4 is 5.32 Å². The van der Waals surface area contributed by atoms with Gasteiger partial charge in [0.25, 0.3) is 0 Å². The lowest BCUT2D eigenvalue weighted by atomic mass is 10.0. The van der Waals surface area contributed by atoms with Crippen LogP contribution in [0.5, 0.6) is 0 Å². The minimum absolute atomic E-state index is 0.170. The molecule has 0 heterocycles. The molecule has 0 saturated heterocycles. The van der Waals surface area contributed by atoms with Crippen molar-refractivity contribution in [2.75, 3.05) is 0 Å². The first-order valence-corrected chi connectivity index (χ1v) is 7.23. The number of aliphatic carboxylic acids is 1. The maximum Gasteiger partial charge on any atom is 0.408 e. The van der Waals surface area contributed by atoms with E-state index in [0.717, 1.165) is 5.56 Å². The fraction of sp³-hybridized carbons (Fsp3) is 0.500. The number of hydrogen-bond donors (Lipinski definition) is 2. The highest BCUT2D eigenvalue weighted by atomic mass is 16.5. The predicted octanol–water partition coefficient (Wildman–Crippen LogP) is 2.90. The van der Waals surface area contributed by atoms with Gasteiger partial charge in [-0.25, -0.2) is 9.59 Å². The molecule has 5 nitrogen and oxygen atoms in total. The molecule has 0 aromatic heterocycles. The topological polar surface area (TPSA) is 75.6 Å². The summed E-state index contributed by atoms with van der Waals surface area (Å²) in [6, 6.07) is 6.96. The van der Waals surface area contributed by atoms with Crippen molar-refractivity contribution in [3.05, 3.63) is 35.4 Å². The number of carboxylic acids is 1. The molecular formula is C16H21NO4. The van der Waals surface area contributed by atoms with Crippen molar-refractivity contribution in [3.8, 4) is 0 Å². The lowest BCUT2D eigenvalue weighted by Crippen LogP contribution is -2.44. The molecule has 0 bridgehead atoms. The highest BCUT2D eigenvalue weighted by Gasteiger charge is 2.27. The van der Waals surface area contributed by atoms with Gasteiger partial charge in [0.1, 0.15) is 12.6 Å². The molecule has 5 heteroatoms. The summed E-state index contributed by atoms with van der Waals surface area (Å²) in [5, 5.41) is 11.4. The van der Waals surface area contributed by atoms with E-state index >= 15 is 0 Å². The van der Waals surface area contributed by atoms with Crippen LogP contribution in [-0.2, 0) is 16.1 Å². The summed E-state index contributed by atoms with van der Waals surface area (Å²) in [6.07, 6.45) is 1.66. The highest BCUT2D eigenvalue weighted by molar-refractivity contribution is 5.80. The Labute approximate surface area is 124 Å². The van der Waals surface area contributed by atoms with Gasteiger partial charge in [-0.15, -0.1) is 0 Å². The molecule has 2 rings (SSSR count). The van der Waals surface area contributed by atoms with Gasteiger partial charge in [-0.2, -0.15) is 0 Å². The summed E-state index contributed by atoms with van der Waals surface area (Å²) in [5.41, 5.74) is 2.22. The van der Waals surface area contributed by atoms with Crippen molar-refractivity contribution in [2.24, 2.45) is 5.92 Å². The fourth-order valence-electron chi connectivity index (χ4n) is 2.28. The molecule has 2 N–H and O–H groups in total. The summed E-state index contributed by atoms with van der Waals surface area (Å²) in [7, 11) is 0. The van der Waals surface area contributed by atoms with E-state index < -0.39 is 18.1 Å². The molecule has 0 radical (unpaired) electrons. The van der Waals surface area contributed by atoms with Crippen molar-refractivity contribution in [1.82, 2.24) is 5.32 Å². The average Bonchev–Trinajstić information content (AvgIpc) is 3.26. The Hall–Kier alpha value is -2.04. The normalized spacial score (nSPS) is 15.6. The van der Waals surface area contributed by atoms with Crippen LogP contribution >= 0.6 is 0 Å². The van der Waals surface area contributed by atoms with Crippen molar-refractivity contribution >= 4 is 12.1 Å². The van der Waals surface area contributed by atoms with E-state index in [0.29, 0.717) is 5.92 Å². The third-order valence-electron chi connectivity index (χ3n) is 3.64. The number of carbonyl (C=O) groups excluding carboxylic acids is 1. The number of nitrogens with one attached hydrogen (secondary N) is 1. The number of ether oxygens (including phenoxy) is 1. The van der Waals surface area contributed by atoms with E-state index in [2.05, 4.69) is 11.4 Å². The first kappa shape index (κ1) is 15.4. The number of carbonyl (C=O) groups is 2. The average molecular weight is 291 g/mol. The van der Waals surface area contributed by atoms with Crippen LogP contribution in [0.15, 0.2) is 24.3 Å². The van der Waals surface area contributed by atoms with Gasteiger partial charge in [0.2, 0.25) is 0 Å². The quantitative estimate of drug-likeness (QED) is 0.845. The molecule has 1 amide bonds. The minimum Gasteiger partial charge on any atom is -0.480 e. The van der Waals surface area contributed by atoms with Gasteiger partial charge in [-0.3, -0.25) is 0 Å². The van der Waals surface area contributed by atoms with Crippen LogP contribution in [0.1, 0.15) is 43.7 Å². The second-order valence-corrected chi connectivity index (χ2v) is 5.75. The second kappa shape index (κ2) is 6.61. The second-order valence-electron chi connectivity index (χ2n) is 5.75. The maximum atomic E-state index is 11.7. The molecule has 0 spiro atoms. The van der Waals surface area contributed by atoms with Crippen LogP contribution in [0, 0.1) is 5.92 Å². The Bertz CT molecular complexity index is 523. The zero-order valence-electron chi connectivity index (χ0n) is 12.3. The lowest BCUT2D eigenvalue weighted by Gasteiger charge is -2.18. The summed E-state index contributed by atoms with van der Waals surface area (Å²) in [4.78, 5) is 22.8. The first-order chi connectivity index (χ1) is 9.99. The molecule has 114 valence electrons. The van der Waals surface area contributed by atoms with Crippen LogP contribution in [0.4, 0.5) is 4.79 Å². The van der Waals surface area contributed by atoms with Crippen LogP contribution in [0.3, 0.4) is 0 Å². The predicted molar refractivity (Wildman–Crippen MR) is 78.0 cm³/mol. The standard InChI is InChI=1S/C16H21NO4/c1-10(2)14(15(18)19)17-16(20)21-9-12-5-3-4-6-13(12)11-7-8-11/h3-6,10-11,14H,7-9H2,1-2H3,(H,17,20)(H,18,19)/t14-/m0/s1.